The molecule has 0 amide bonds. The van der Waals surface area contributed by atoms with Crippen molar-refractivity contribution in [3.63, 3.8) is 0 Å². The quantitative estimate of drug-likeness (QED) is 0.674. The van der Waals surface area contributed by atoms with E-state index < -0.39 is 12.7 Å². The largest absolute Gasteiger partial charge is 0.401 e. The van der Waals surface area contributed by atoms with Crippen molar-refractivity contribution in [2.24, 2.45) is 0 Å². The maximum Gasteiger partial charge on any atom is 0.401 e. The number of aliphatic hydroxyl groups is 1. The van der Waals surface area contributed by atoms with Crippen LogP contribution in [0.4, 0.5) is 13.2 Å². The molecule has 0 saturated carbocycles. The average Bonchev–Trinajstić information content (AvgIpc) is 2.00. The van der Waals surface area contributed by atoms with E-state index in [0.717, 1.165) is 4.90 Å². The van der Waals surface area contributed by atoms with E-state index >= 15 is 0 Å². The Morgan fingerprint density at radius 2 is 2.00 bits per heavy atom. The van der Waals surface area contributed by atoms with Crippen molar-refractivity contribution < 1.29 is 18.3 Å². The summed E-state index contributed by atoms with van der Waals surface area (Å²) < 4.78 is 35.8. The summed E-state index contributed by atoms with van der Waals surface area (Å²) >= 11 is 0. The maximum absolute atomic E-state index is 11.9. The van der Waals surface area contributed by atoms with Crippen LogP contribution in [0.2, 0.25) is 0 Å². The summed E-state index contributed by atoms with van der Waals surface area (Å²) in [4.78, 5) is 1.14. The van der Waals surface area contributed by atoms with Crippen LogP contribution in [-0.4, -0.2) is 55.5 Å². The van der Waals surface area contributed by atoms with Crippen molar-refractivity contribution in [3.05, 3.63) is 0 Å². The van der Waals surface area contributed by atoms with Crippen molar-refractivity contribution in [3.8, 4) is 0 Å². The highest BCUT2D eigenvalue weighted by atomic mass is 19.4. The molecule has 0 radical (unpaired) electrons. The lowest BCUT2D eigenvalue weighted by Crippen LogP contribution is -2.44. The Balaban J connectivity index is 3.84. The Labute approximate surface area is 81.9 Å². The molecule has 0 aliphatic heterocycles. The molecule has 0 aromatic carbocycles. The van der Waals surface area contributed by atoms with Gasteiger partial charge < -0.3 is 10.4 Å². The Morgan fingerprint density at radius 3 is 2.36 bits per heavy atom. The highest BCUT2D eigenvalue weighted by molar-refractivity contribution is 4.70. The monoisotopic (exact) mass is 214 g/mol. The van der Waals surface area contributed by atoms with Crippen molar-refractivity contribution in [2.75, 3.05) is 33.3 Å². The molecule has 0 spiro atoms. The molecule has 0 bridgehead atoms. The first kappa shape index (κ1) is 13.7. The molecule has 6 heteroatoms. The average molecular weight is 214 g/mol. The lowest BCUT2D eigenvalue weighted by molar-refractivity contribution is -0.143. The molecular formula is C8H17F3N2O. The van der Waals surface area contributed by atoms with Gasteiger partial charge in [0.25, 0.3) is 0 Å². The minimum atomic E-state index is -4.18. The van der Waals surface area contributed by atoms with E-state index in [4.69, 9.17) is 5.11 Å². The molecule has 0 rings (SSSR count). The van der Waals surface area contributed by atoms with E-state index in [2.05, 4.69) is 5.32 Å². The second-order valence-electron chi connectivity index (χ2n) is 3.25. The molecule has 0 aliphatic carbocycles. The van der Waals surface area contributed by atoms with Gasteiger partial charge in [0, 0.05) is 12.6 Å². The molecule has 2 N–H and O–H groups in total. The fourth-order valence-corrected chi connectivity index (χ4v) is 1.22. The zero-order valence-corrected chi connectivity index (χ0v) is 8.43. The van der Waals surface area contributed by atoms with Gasteiger partial charge in [0.15, 0.2) is 0 Å². The van der Waals surface area contributed by atoms with Crippen LogP contribution in [0.5, 0.6) is 0 Å². The number of rotatable bonds is 6. The van der Waals surface area contributed by atoms with Crippen molar-refractivity contribution in [1.82, 2.24) is 10.2 Å². The van der Waals surface area contributed by atoms with Crippen LogP contribution in [0.1, 0.15) is 6.92 Å². The summed E-state index contributed by atoms with van der Waals surface area (Å²) in [7, 11) is 1.38. The van der Waals surface area contributed by atoms with Gasteiger partial charge in [-0.1, -0.05) is 6.92 Å². The zero-order valence-electron chi connectivity index (χ0n) is 8.43. The van der Waals surface area contributed by atoms with Crippen molar-refractivity contribution in [1.29, 1.82) is 0 Å². The SMILES string of the molecule is CCNC(CO)CN(C)CC(F)(F)F. The minimum Gasteiger partial charge on any atom is -0.395 e. The van der Waals surface area contributed by atoms with E-state index in [0.29, 0.717) is 6.54 Å². The van der Waals surface area contributed by atoms with Crippen LogP contribution in [0, 0.1) is 0 Å². The van der Waals surface area contributed by atoms with Gasteiger partial charge in [0.05, 0.1) is 13.2 Å². The van der Waals surface area contributed by atoms with Gasteiger partial charge in [-0.3, -0.25) is 4.90 Å². The first-order valence-corrected chi connectivity index (χ1v) is 4.48. The molecule has 0 aliphatic rings. The number of halogens is 3. The van der Waals surface area contributed by atoms with Gasteiger partial charge in [-0.2, -0.15) is 13.2 Å². The minimum absolute atomic E-state index is 0.157. The van der Waals surface area contributed by atoms with Crippen LogP contribution in [0.3, 0.4) is 0 Å². The summed E-state index contributed by atoms with van der Waals surface area (Å²) in [6.45, 7) is 1.55. The third-order valence-electron chi connectivity index (χ3n) is 1.69. The van der Waals surface area contributed by atoms with E-state index in [-0.39, 0.29) is 19.2 Å². The number of aliphatic hydroxyl groups excluding tert-OH is 1. The van der Waals surface area contributed by atoms with Crippen LogP contribution in [0.25, 0.3) is 0 Å². The highest BCUT2D eigenvalue weighted by Crippen LogP contribution is 2.15. The van der Waals surface area contributed by atoms with Crippen molar-refractivity contribution in [2.45, 2.75) is 19.1 Å². The number of likely N-dealkylation sites (N-methyl/N-ethyl adjacent to an activating group) is 2. The highest BCUT2D eigenvalue weighted by Gasteiger charge is 2.29. The van der Waals surface area contributed by atoms with E-state index in [1.807, 2.05) is 6.92 Å². The molecule has 14 heavy (non-hydrogen) atoms. The predicted octanol–water partition coefficient (Wildman–Crippen LogP) is 0.451. The Hall–Kier alpha value is -0.330. The molecule has 0 aromatic heterocycles. The van der Waals surface area contributed by atoms with Crippen molar-refractivity contribution >= 4 is 0 Å². The molecule has 0 fully saturated rings. The van der Waals surface area contributed by atoms with Gasteiger partial charge in [0.2, 0.25) is 0 Å². The van der Waals surface area contributed by atoms with Crippen LogP contribution in [0.15, 0.2) is 0 Å². The van der Waals surface area contributed by atoms with Gasteiger partial charge >= 0.3 is 6.18 Å². The lowest BCUT2D eigenvalue weighted by Gasteiger charge is -2.23. The fourth-order valence-electron chi connectivity index (χ4n) is 1.22. The van der Waals surface area contributed by atoms with Crippen LogP contribution < -0.4 is 5.32 Å². The normalized spacial score (nSPS) is 14.8. The molecule has 1 unspecified atom stereocenters. The van der Waals surface area contributed by atoms with Crippen LogP contribution >= 0.6 is 0 Å². The molecular weight excluding hydrogens is 197 g/mol. The van der Waals surface area contributed by atoms with E-state index in [1.54, 1.807) is 0 Å². The van der Waals surface area contributed by atoms with Crippen LogP contribution in [-0.2, 0) is 0 Å². The first-order valence-electron chi connectivity index (χ1n) is 4.48. The Bertz CT molecular complexity index is 152. The lowest BCUT2D eigenvalue weighted by atomic mass is 10.3. The number of nitrogens with zero attached hydrogens (tertiary/aromatic N) is 1. The summed E-state index contributed by atoms with van der Waals surface area (Å²) in [5.74, 6) is 0. The fraction of sp³-hybridized carbons (Fsp3) is 1.00. The third-order valence-corrected chi connectivity index (χ3v) is 1.69. The Kier molecular flexibility index (Phi) is 6.06. The smallest absolute Gasteiger partial charge is 0.395 e. The third kappa shape index (κ3) is 7.11. The number of hydrogen-bond acceptors (Lipinski definition) is 3. The van der Waals surface area contributed by atoms with Gasteiger partial charge in [0.1, 0.15) is 0 Å². The second kappa shape index (κ2) is 6.21. The number of alkyl halides is 3. The molecule has 0 saturated heterocycles. The topological polar surface area (TPSA) is 35.5 Å². The number of hydrogen-bond donors (Lipinski definition) is 2. The first-order chi connectivity index (χ1) is 6.39. The summed E-state index contributed by atoms with van der Waals surface area (Å²) in [5.41, 5.74) is 0. The predicted molar refractivity (Wildman–Crippen MR) is 48.1 cm³/mol. The zero-order chi connectivity index (χ0) is 11.2. The van der Waals surface area contributed by atoms with Gasteiger partial charge in [-0.25, -0.2) is 0 Å². The second-order valence-corrected chi connectivity index (χ2v) is 3.25. The molecule has 0 heterocycles. The Morgan fingerprint density at radius 1 is 1.43 bits per heavy atom. The maximum atomic E-state index is 11.9. The summed E-state index contributed by atoms with van der Waals surface area (Å²) in [5, 5.41) is 11.7. The number of nitrogens with one attached hydrogen (secondary N) is 1. The molecule has 1 atom stereocenters. The van der Waals surface area contributed by atoms with E-state index in [9.17, 15) is 13.2 Å². The molecule has 3 nitrogen and oxygen atoms in total. The molecule has 0 aromatic rings. The summed E-state index contributed by atoms with van der Waals surface area (Å²) in [6, 6.07) is -0.299. The standard InChI is InChI=1S/C8H17F3N2O/c1-3-12-7(5-14)4-13(2)6-8(9,10)11/h7,12,14H,3-6H2,1-2H3. The van der Waals surface area contributed by atoms with E-state index in [1.165, 1.54) is 7.05 Å². The molecule has 86 valence electrons. The van der Waals surface area contributed by atoms with Gasteiger partial charge in [-0.05, 0) is 13.6 Å². The van der Waals surface area contributed by atoms with Gasteiger partial charge in [-0.15, -0.1) is 0 Å². The summed E-state index contributed by atoms with van der Waals surface area (Å²) in [6.07, 6.45) is -4.18.